The molecule has 0 radical (unpaired) electrons. The first-order chi connectivity index (χ1) is 8.84. The van der Waals surface area contributed by atoms with Crippen LogP contribution in [0.25, 0.3) is 0 Å². The number of nitrogens with zero attached hydrogens (tertiary/aromatic N) is 3. The van der Waals surface area contributed by atoms with Gasteiger partial charge in [0.25, 0.3) is 0 Å². The maximum atomic E-state index is 4.54. The Kier molecular flexibility index (Phi) is 2.97. The highest BCUT2D eigenvalue weighted by molar-refractivity contribution is 5.44. The molecular weight excluding hydrogens is 222 g/mol. The van der Waals surface area contributed by atoms with Crippen molar-refractivity contribution in [2.24, 2.45) is 0 Å². The molecule has 0 aromatic carbocycles. The van der Waals surface area contributed by atoms with E-state index in [1.165, 1.54) is 24.0 Å². The van der Waals surface area contributed by atoms with Crippen molar-refractivity contribution >= 4 is 5.82 Å². The first-order valence-electron chi connectivity index (χ1n) is 6.44. The van der Waals surface area contributed by atoms with E-state index in [2.05, 4.69) is 40.0 Å². The molecule has 3 heterocycles. The van der Waals surface area contributed by atoms with Gasteiger partial charge in [0.15, 0.2) is 0 Å². The molecule has 0 N–H and O–H groups in total. The third-order valence-corrected chi connectivity index (χ3v) is 3.51. The van der Waals surface area contributed by atoms with Gasteiger partial charge in [0, 0.05) is 25.1 Å². The topological polar surface area (TPSA) is 29.0 Å². The molecule has 18 heavy (non-hydrogen) atoms. The molecule has 0 bridgehead atoms. The van der Waals surface area contributed by atoms with Crippen LogP contribution in [0.4, 0.5) is 5.82 Å². The molecule has 0 saturated carbocycles. The summed E-state index contributed by atoms with van der Waals surface area (Å²) in [5, 5.41) is 0. The van der Waals surface area contributed by atoms with E-state index in [4.69, 9.17) is 0 Å². The van der Waals surface area contributed by atoms with E-state index < -0.39 is 0 Å². The number of aromatic nitrogens is 2. The SMILES string of the molecule is Cc1ccc(N2CCCC2c2cccnc2)nc1. The zero-order valence-corrected chi connectivity index (χ0v) is 10.6. The molecule has 0 aliphatic carbocycles. The molecule has 3 heteroatoms. The van der Waals surface area contributed by atoms with Gasteiger partial charge in [-0.2, -0.15) is 0 Å². The Morgan fingerprint density at radius 1 is 1.22 bits per heavy atom. The van der Waals surface area contributed by atoms with Crippen LogP contribution in [0.1, 0.15) is 30.0 Å². The third-order valence-electron chi connectivity index (χ3n) is 3.51. The van der Waals surface area contributed by atoms with Crippen molar-refractivity contribution in [1.29, 1.82) is 0 Å². The molecule has 2 aromatic rings. The van der Waals surface area contributed by atoms with Gasteiger partial charge in [-0.15, -0.1) is 0 Å². The lowest BCUT2D eigenvalue weighted by Crippen LogP contribution is -2.23. The van der Waals surface area contributed by atoms with E-state index in [0.717, 1.165) is 12.4 Å². The predicted octanol–water partition coefficient (Wildman–Crippen LogP) is 3.13. The van der Waals surface area contributed by atoms with E-state index in [1.807, 2.05) is 24.7 Å². The number of pyridine rings is 2. The summed E-state index contributed by atoms with van der Waals surface area (Å²) in [5.74, 6) is 1.08. The maximum Gasteiger partial charge on any atom is 0.128 e. The van der Waals surface area contributed by atoms with Gasteiger partial charge in [-0.25, -0.2) is 4.98 Å². The molecule has 1 aliphatic heterocycles. The molecular formula is C15H17N3. The summed E-state index contributed by atoms with van der Waals surface area (Å²) in [7, 11) is 0. The quantitative estimate of drug-likeness (QED) is 0.806. The molecule has 1 fully saturated rings. The van der Waals surface area contributed by atoms with Crippen LogP contribution < -0.4 is 4.90 Å². The summed E-state index contributed by atoms with van der Waals surface area (Å²) in [6.07, 6.45) is 8.13. The normalized spacial score (nSPS) is 19.2. The minimum atomic E-state index is 0.425. The number of hydrogen-bond donors (Lipinski definition) is 0. The van der Waals surface area contributed by atoms with E-state index >= 15 is 0 Å². The van der Waals surface area contributed by atoms with Crippen LogP contribution in [0.2, 0.25) is 0 Å². The lowest BCUT2D eigenvalue weighted by atomic mass is 10.1. The molecule has 1 aliphatic rings. The second-order valence-corrected chi connectivity index (χ2v) is 4.83. The van der Waals surface area contributed by atoms with Crippen LogP contribution in [0.3, 0.4) is 0 Å². The first kappa shape index (κ1) is 11.2. The second-order valence-electron chi connectivity index (χ2n) is 4.83. The Labute approximate surface area is 108 Å². The highest BCUT2D eigenvalue weighted by Gasteiger charge is 2.26. The fourth-order valence-electron chi connectivity index (χ4n) is 2.59. The van der Waals surface area contributed by atoms with Gasteiger partial charge in [-0.3, -0.25) is 4.98 Å². The summed E-state index contributed by atoms with van der Waals surface area (Å²) in [5.41, 5.74) is 2.49. The van der Waals surface area contributed by atoms with Crippen molar-refractivity contribution in [2.45, 2.75) is 25.8 Å². The first-order valence-corrected chi connectivity index (χ1v) is 6.44. The summed E-state index contributed by atoms with van der Waals surface area (Å²) in [6, 6.07) is 8.83. The summed E-state index contributed by atoms with van der Waals surface area (Å²) < 4.78 is 0. The van der Waals surface area contributed by atoms with Crippen molar-refractivity contribution in [3.8, 4) is 0 Å². The third kappa shape index (κ3) is 2.08. The minimum absolute atomic E-state index is 0.425. The maximum absolute atomic E-state index is 4.54. The fraction of sp³-hybridized carbons (Fsp3) is 0.333. The fourth-order valence-corrected chi connectivity index (χ4v) is 2.59. The van der Waals surface area contributed by atoms with E-state index in [9.17, 15) is 0 Å². The Morgan fingerprint density at radius 2 is 2.17 bits per heavy atom. The molecule has 92 valence electrons. The number of aryl methyl sites for hydroxylation is 1. The highest BCUT2D eigenvalue weighted by Crippen LogP contribution is 2.34. The average Bonchev–Trinajstić information content (AvgIpc) is 2.90. The van der Waals surface area contributed by atoms with E-state index in [1.54, 1.807) is 0 Å². The van der Waals surface area contributed by atoms with Crippen molar-refractivity contribution < 1.29 is 0 Å². The van der Waals surface area contributed by atoms with Gasteiger partial charge in [-0.05, 0) is 43.0 Å². The molecule has 2 aromatic heterocycles. The van der Waals surface area contributed by atoms with Crippen molar-refractivity contribution in [2.75, 3.05) is 11.4 Å². The second kappa shape index (κ2) is 4.77. The lowest BCUT2D eigenvalue weighted by Gasteiger charge is -2.25. The largest absolute Gasteiger partial charge is 0.350 e. The molecule has 1 atom stereocenters. The van der Waals surface area contributed by atoms with Crippen LogP contribution in [-0.4, -0.2) is 16.5 Å². The number of anilines is 1. The minimum Gasteiger partial charge on any atom is -0.350 e. The smallest absolute Gasteiger partial charge is 0.128 e. The van der Waals surface area contributed by atoms with Crippen LogP contribution in [0, 0.1) is 6.92 Å². The number of rotatable bonds is 2. The van der Waals surface area contributed by atoms with Gasteiger partial charge in [0.05, 0.1) is 6.04 Å². The van der Waals surface area contributed by atoms with Gasteiger partial charge >= 0.3 is 0 Å². The molecule has 1 unspecified atom stereocenters. The molecule has 3 nitrogen and oxygen atoms in total. The molecule has 1 saturated heterocycles. The van der Waals surface area contributed by atoms with Gasteiger partial charge in [-0.1, -0.05) is 12.1 Å². The zero-order chi connectivity index (χ0) is 12.4. The standard InChI is InChI=1S/C15H17N3/c1-12-6-7-15(17-10-12)18-9-3-5-14(18)13-4-2-8-16-11-13/h2,4,6-8,10-11,14H,3,5,9H2,1H3. The van der Waals surface area contributed by atoms with Crippen LogP contribution in [0.15, 0.2) is 42.9 Å². The Bertz CT molecular complexity index is 507. The Hall–Kier alpha value is -1.90. The predicted molar refractivity (Wildman–Crippen MR) is 72.5 cm³/mol. The molecule has 0 amide bonds. The van der Waals surface area contributed by atoms with E-state index in [-0.39, 0.29) is 0 Å². The van der Waals surface area contributed by atoms with Gasteiger partial charge in [0.1, 0.15) is 5.82 Å². The van der Waals surface area contributed by atoms with Crippen molar-refractivity contribution in [3.63, 3.8) is 0 Å². The monoisotopic (exact) mass is 239 g/mol. The van der Waals surface area contributed by atoms with Crippen LogP contribution in [-0.2, 0) is 0 Å². The average molecular weight is 239 g/mol. The number of hydrogen-bond acceptors (Lipinski definition) is 3. The highest BCUT2D eigenvalue weighted by atomic mass is 15.2. The van der Waals surface area contributed by atoms with Crippen molar-refractivity contribution in [3.05, 3.63) is 54.0 Å². The molecule has 0 spiro atoms. The van der Waals surface area contributed by atoms with Gasteiger partial charge in [0.2, 0.25) is 0 Å². The van der Waals surface area contributed by atoms with E-state index in [0.29, 0.717) is 6.04 Å². The summed E-state index contributed by atoms with van der Waals surface area (Å²) in [4.78, 5) is 11.2. The Morgan fingerprint density at radius 3 is 2.89 bits per heavy atom. The Balaban J connectivity index is 1.90. The van der Waals surface area contributed by atoms with Gasteiger partial charge < -0.3 is 4.90 Å². The summed E-state index contributed by atoms with van der Waals surface area (Å²) in [6.45, 7) is 3.15. The summed E-state index contributed by atoms with van der Waals surface area (Å²) >= 11 is 0. The molecule has 3 rings (SSSR count). The van der Waals surface area contributed by atoms with Crippen LogP contribution in [0.5, 0.6) is 0 Å². The van der Waals surface area contributed by atoms with Crippen molar-refractivity contribution in [1.82, 2.24) is 9.97 Å². The zero-order valence-electron chi connectivity index (χ0n) is 10.6. The lowest BCUT2D eigenvalue weighted by molar-refractivity contribution is 0.708. The van der Waals surface area contributed by atoms with Crippen LogP contribution >= 0.6 is 0 Å².